The van der Waals surface area contributed by atoms with Gasteiger partial charge in [0.1, 0.15) is 23.0 Å². The topological polar surface area (TPSA) is 533 Å². The Morgan fingerprint density at radius 1 is 0.426 bits per heavy atom. The second-order valence-corrected chi connectivity index (χ2v) is 52.4. The quantitative estimate of drug-likeness (QED) is 0.00819. The van der Waals surface area contributed by atoms with Gasteiger partial charge in [0.2, 0.25) is 31.1 Å². The number of benzene rings is 4. The van der Waals surface area contributed by atoms with E-state index in [1.165, 1.54) is 51.1 Å². The zero-order chi connectivity index (χ0) is 105. The molecule has 8 rings (SSSR count). The first-order valence-electron chi connectivity index (χ1n) is 44.1. The molecule has 1 amide bonds. The van der Waals surface area contributed by atoms with Crippen LogP contribution >= 0.6 is 0 Å². The Morgan fingerprint density at radius 3 is 1.01 bits per heavy atom. The molecule has 0 spiro atoms. The smallest absolute Gasteiger partial charge is 0.373 e. The SMILES string of the molecule is C.CC(=O)OC1C(Oc2ccc(N)cc2CO[Si](C)(C)C(C)(C)C)OC(C)C(C)C1C.CC(=O)OC1C(Oc2ccc(NC(=O)CCC(=O)O)cc2CO[Si](C)(C)C(C)(C)C)OC(C)C(C)C1C.CC(=O)OC1C(Oc2ccc([N+](=O)[O-])cc2CO[Si](C)(C)C(C)(C)C)OC(C)C(C)C1C.CC1OC(Oc2ccc([N+](=O)[O-])cc2C=O)C(C)C(C)C1C.CO.O=C=O.O=C=O.O=C=O.O=C=O. The number of aliphatic carboxylic acids is 1. The molecule has 4 aromatic carbocycles. The van der Waals surface area contributed by atoms with E-state index in [1.54, 1.807) is 30.3 Å². The summed E-state index contributed by atoms with van der Waals surface area (Å²) in [4.78, 5) is 156. The van der Waals surface area contributed by atoms with Crippen LogP contribution in [0.2, 0.25) is 54.4 Å². The van der Waals surface area contributed by atoms with Gasteiger partial charge in [-0.3, -0.25) is 49.0 Å². The zero-order valence-corrected chi connectivity index (χ0v) is 87.0. The van der Waals surface area contributed by atoms with Gasteiger partial charge < -0.3 is 86.6 Å². The maximum absolute atomic E-state index is 12.2. The van der Waals surface area contributed by atoms with Crippen molar-refractivity contribution in [2.75, 3.05) is 18.2 Å². The van der Waals surface area contributed by atoms with Crippen molar-refractivity contribution >= 4 is 108 Å². The molecular formula is C95H148N4O34Si3. The van der Waals surface area contributed by atoms with Crippen LogP contribution in [0.3, 0.4) is 0 Å². The molecule has 5 N–H and O–H groups in total. The fourth-order valence-electron chi connectivity index (χ4n) is 13.1. The Labute approximate surface area is 802 Å². The van der Waals surface area contributed by atoms with Gasteiger partial charge in [-0.1, -0.05) is 132 Å². The summed E-state index contributed by atoms with van der Waals surface area (Å²) in [6.07, 6.45) is -3.46. The first kappa shape index (κ1) is 128. The number of aliphatic hydroxyl groups excluding tert-OH is 1. The number of hydrogen-bond acceptors (Lipinski definition) is 34. The third-order valence-corrected chi connectivity index (χ3v) is 39.4. The molecular weight excluding hydrogens is 1830 g/mol. The number of carbonyl (C=O) groups excluding carboxylic acids is 13. The van der Waals surface area contributed by atoms with Gasteiger partial charge in [0.05, 0.1) is 66.1 Å². The van der Waals surface area contributed by atoms with Crippen molar-refractivity contribution in [3.63, 3.8) is 0 Å². The van der Waals surface area contributed by atoms with Crippen LogP contribution in [0.1, 0.15) is 220 Å². The Hall–Kier alpha value is -10.4. The van der Waals surface area contributed by atoms with Crippen molar-refractivity contribution in [3.05, 3.63) is 115 Å². The summed E-state index contributed by atoms with van der Waals surface area (Å²) in [5.41, 5.74) is 9.30. The van der Waals surface area contributed by atoms with E-state index < -0.39 is 102 Å². The van der Waals surface area contributed by atoms with E-state index in [-0.39, 0.29) is 162 Å². The molecule has 0 aromatic heterocycles. The number of rotatable bonds is 27. The second-order valence-electron chi connectivity index (χ2n) is 38.0. The number of ether oxygens (including phenoxy) is 11. The van der Waals surface area contributed by atoms with Gasteiger partial charge in [-0.15, -0.1) is 0 Å². The van der Waals surface area contributed by atoms with Gasteiger partial charge in [0.15, 0.2) is 49.6 Å². The number of amides is 1. The highest BCUT2D eigenvalue weighted by molar-refractivity contribution is 6.74. The first-order valence-corrected chi connectivity index (χ1v) is 52.8. The van der Waals surface area contributed by atoms with Crippen molar-refractivity contribution in [3.8, 4) is 23.0 Å². The number of anilines is 2. The van der Waals surface area contributed by atoms with Crippen LogP contribution < -0.4 is 30.0 Å². The lowest BCUT2D eigenvalue weighted by Crippen LogP contribution is -2.52. The highest BCUT2D eigenvalue weighted by Gasteiger charge is 2.49. The molecule has 4 aliphatic rings. The monoisotopic (exact) mass is 1970 g/mol. The average Bonchev–Trinajstić information content (AvgIpc) is 0.803. The molecule has 4 fully saturated rings. The van der Waals surface area contributed by atoms with E-state index in [4.69, 9.17) is 120 Å². The molecule has 4 aliphatic heterocycles. The van der Waals surface area contributed by atoms with Gasteiger partial charge in [-0.25, -0.2) is 0 Å². The van der Waals surface area contributed by atoms with Crippen molar-refractivity contribution in [1.29, 1.82) is 0 Å². The third-order valence-electron chi connectivity index (χ3n) is 25.9. The van der Waals surface area contributed by atoms with Gasteiger partial charge >= 0.3 is 48.5 Å². The largest absolute Gasteiger partial charge is 0.481 e. The molecule has 0 bridgehead atoms. The zero-order valence-electron chi connectivity index (χ0n) is 84.0. The lowest BCUT2D eigenvalue weighted by Gasteiger charge is -2.42. The summed E-state index contributed by atoms with van der Waals surface area (Å²) >= 11 is 0. The van der Waals surface area contributed by atoms with Crippen LogP contribution in [-0.2, 0) is 129 Å². The van der Waals surface area contributed by atoms with Crippen LogP contribution in [0.5, 0.6) is 23.0 Å². The third kappa shape index (κ3) is 40.7. The number of carbonyl (C=O) groups is 6. The Kier molecular flexibility index (Phi) is 55.3. The minimum Gasteiger partial charge on any atom is -0.481 e. The number of nitrogen functional groups attached to an aromatic ring is 1. The number of non-ortho nitro benzene ring substituents is 2. The number of aliphatic hydroxyl groups is 1. The summed E-state index contributed by atoms with van der Waals surface area (Å²) in [6, 6.07) is 19.1. The summed E-state index contributed by atoms with van der Waals surface area (Å²) in [6.45, 7) is 64.0. The number of nitrogens with zero attached hydrogens (tertiary/aromatic N) is 2. The van der Waals surface area contributed by atoms with Gasteiger partial charge in [0, 0.05) is 110 Å². The average molecular weight is 1970 g/mol. The van der Waals surface area contributed by atoms with Crippen LogP contribution in [0.4, 0.5) is 22.7 Å². The molecule has 136 heavy (non-hydrogen) atoms. The molecule has 0 saturated carbocycles. The molecule has 41 heteroatoms. The number of carboxylic acids is 1. The molecule has 764 valence electrons. The maximum atomic E-state index is 12.2. The fraction of sp³-hybridized carbons (Fsp3) is 0.642. The first-order chi connectivity index (χ1) is 62.4. The van der Waals surface area contributed by atoms with Crippen LogP contribution in [0, 0.1) is 73.5 Å². The molecule has 0 radical (unpaired) electrons. The van der Waals surface area contributed by atoms with E-state index in [0.29, 0.717) is 70.2 Å². The summed E-state index contributed by atoms with van der Waals surface area (Å²) in [5.74, 6) is 0.947. The highest BCUT2D eigenvalue weighted by Crippen LogP contribution is 2.45. The molecule has 4 heterocycles. The molecule has 20 atom stereocenters. The predicted octanol–water partition coefficient (Wildman–Crippen LogP) is 17.3. The molecule has 4 saturated heterocycles. The molecule has 4 aromatic rings. The normalized spacial score (nSPS) is 24.3. The van der Waals surface area contributed by atoms with E-state index >= 15 is 0 Å². The van der Waals surface area contributed by atoms with Gasteiger partial charge in [0.25, 0.3) is 11.4 Å². The second kappa shape index (κ2) is 59.0. The lowest BCUT2D eigenvalue weighted by molar-refractivity contribution is -0.385. The van der Waals surface area contributed by atoms with E-state index in [0.717, 1.165) is 12.7 Å². The number of nitrogens with two attached hydrogens (primary N) is 1. The summed E-state index contributed by atoms with van der Waals surface area (Å²) < 4.78 is 84.7. The maximum Gasteiger partial charge on any atom is 0.373 e. The number of esters is 3. The summed E-state index contributed by atoms with van der Waals surface area (Å²) in [5, 5.41) is 40.8. The number of nitro benzene ring substituents is 2. The Bertz CT molecular complexity index is 4550. The highest BCUT2D eigenvalue weighted by atomic mass is 28.4. The van der Waals surface area contributed by atoms with E-state index in [2.05, 4.69) is 142 Å². The van der Waals surface area contributed by atoms with Crippen molar-refractivity contribution in [2.24, 2.45) is 53.3 Å². The number of carboxylic acid groups (broad SMARTS) is 1. The number of nitrogens with one attached hydrogen (secondary N) is 1. The van der Waals surface area contributed by atoms with Crippen LogP contribution in [-0.4, -0.2) is 181 Å². The van der Waals surface area contributed by atoms with Gasteiger partial charge in [-0.2, -0.15) is 38.4 Å². The van der Waals surface area contributed by atoms with Crippen molar-refractivity contribution < 1.29 is 153 Å². The Balaban J connectivity index is 0. The minimum absolute atomic E-state index is 0. The van der Waals surface area contributed by atoms with E-state index in [9.17, 15) is 49.0 Å². The number of aldehydes is 1. The standard InChI is InChI=1S/C27H43NO8Si.C23H37NO7Si.C23H39NO5Si.C16H21NO5.4CO2.CH4O.CH4/c1-16-17(2)25(35-19(4)29)26(34-18(16)3)36-22-11-10-21(28-23(30)12-13-24(31)32)14-20(22)15-33-37(8,9)27(5,6)7;1-14-15(2)21(30-17(4)25)22(29-16(14)3)31-20-11-10-19(24(26)27)12-18(20)13-28-32(8,9)23(5,6)7;1-14-15(2)21(28-17(4)25)22(27-16(14)3)29-20-11-10-19(24)12-18(20)13-26-30(8,9)23(5,6)7;1-9-10(2)12(4)21-16(11(9)3)22-15-6-5-14(17(19)20)7-13(15)8-18;4*2-1-3;1-2;/h10-11,14,16-18,25-26H,12-13,15H2,1-9H3,(H,28,30)(H,31,32);10-12,14-16,21-22H,13H2,1-9H3;10-12,14-16,21-22H,13,24H2,1-9H3;5-12,16H,1-4H3;;;;;2H,1H3;1H4. The summed E-state index contributed by atoms with van der Waals surface area (Å²) in [7, 11) is -5.16. The number of nitro groups is 2. The van der Waals surface area contributed by atoms with Crippen LogP contribution in [0.25, 0.3) is 0 Å². The minimum atomic E-state index is -2.11. The van der Waals surface area contributed by atoms with E-state index in [1.807, 2.05) is 67.5 Å². The predicted molar refractivity (Wildman–Crippen MR) is 504 cm³/mol. The molecule has 0 aliphatic carbocycles. The van der Waals surface area contributed by atoms with Crippen molar-refractivity contribution in [2.45, 2.75) is 335 Å². The fourth-order valence-corrected chi connectivity index (χ4v) is 15.9. The lowest BCUT2D eigenvalue weighted by atomic mass is 9.79. The van der Waals surface area contributed by atoms with Crippen molar-refractivity contribution in [1.82, 2.24) is 0 Å². The Morgan fingerprint density at radius 2 is 0.706 bits per heavy atom. The van der Waals surface area contributed by atoms with Gasteiger partial charge in [-0.05, 0) is 160 Å². The molecule has 38 nitrogen and oxygen atoms in total. The van der Waals surface area contributed by atoms with Crippen LogP contribution in [0.15, 0.2) is 72.8 Å². The molecule has 20 unspecified atom stereocenters. The number of hydrogen-bond donors (Lipinski definition) is 4.